The molecule has 0 unspecified atom stereocenters. The molecule has 0 radical (unpaired) electrons. The van der Waals surface area contributed by atoms with E-state index in [0.29, 0.717) is 21.3 Å². The third-order valence-corrected chi connectivity index (χ3v) is 7.14. The minimum absolute atomic E-state index is 0.108. The molecule has 0 N–H and O–H groups in total. The number of nitrogens with zero attached hydrogens (tertiary/aromatic N) is 1. The molecule has 0 atom stereocenters. The minimum atomic E-state index is -3.79. The van der Waals surface area contributed by atoms with Gasteiger partial charge in [0.25, 0.3) is 10.0 Å². The molecule has 3 aromatic rings. The number of halogens is 2. The molecule has 0 aromatic heterocycles. The van der Waals surface area contributed by atoms with E-state index < -0.39 is 10.0 Å². The van der Waals surface area contributed by atoms with Crippen molar-refractivity contribution in [3.63, 3.8) is 0 Å². The van der Waals surface area contributed by atoms with Crippen LogP contribution >= 0.6 is 23.2 Å². The normalized spacial score (nSPS) is 11.5. The summed E-state index contributed by atoms with van der Waals surface area (Å²) >= 11 is 12.3. The van der Waals surface area contributed by atoms with E-state index in [4.69, 9.17) is 23.2 Å². The first-order valence-corrected chi connectivity index (χ1v) is 11.0. The van der Waals surface area contributed by atoms with Gasteiger partial charge in [-0.05, 0) is 67.8 Å². The van der Waals surface area contributed by atoms with E-state index in [1.54, 1.807) is 42.5 Å². The van der Waals surface area contributed by atoms with E-state index in [2.05, 4.69) is 0 Å². The van der Waals surface area contributed by atoms with E-state index in [1.807, 2.05) is 39.0 Å². The van der Waals surface area contributed by atoms with E-state index in [0.717, 1.165) is 16.7 Å². The number of sulfonamides is 1. The van der Waals surface area contributed by atoms with Crippen LogP contribution in [0.2, 0.25) is 10.0 Å². The quantitative estimate of drug-likeness (QED) is 0.472. The first kappa shape index (κ1) is 20.7. The van der Waals surface area contributed by atoms with Gasteiger partial charge in [-0.25, -0.2) is 8.42 Å². The first-order chi connectivity index (χ1) is 13.2. The van der Waals surface area contributed by atoms with Crippen molar-refractivity contribution in [2.75, 3.05) is 4.31 Å². The van der Waals surface area contributed by atoms with Crippen LogP contribution in [0.15, 0.2) is 65.6 Å². The van der Waals surface area contributed by atoms with Crippen molar-refractivity contribution in [1.82, 2.24) is 0 Å². The van der Waals surface area contributed by atoms with Crippen molar-refractivity contribution in [3.8, 4) is 0 Å². The Kier molecular flexibility index (Phi) is 6.04. The maximum absolute atomic E-state index is 13.5. The molecule has 0 saturated carbocycles. The van der Waals surface area contributed by atoms with Crippen LogP contribution in [-0.2, 0) is 16.6 Å². The second kappa shape index (κ2) is 8.16. The van der Waals surface area contributed by atoms with Gasteiger partial charge in [0.15, 0.2) is 0 Å². The fourth-order valence-electron chi connectivity index (χ4n) is 2.95. The zero-order chi connectivity index (χ0) is 20.5. The van der Waals surface area contributed by atoms with Gasteiger partial charge in [-0.3, -0.25) is 4.31 Å². The van der Waals surface area contributed by atoms with Gasteiger partial charge in [-0.15, -0.1) is 0 Å². The summed E-state index contributed by atoms with van der Waals surface area (Å²) in [6.45, 7) is 5.92. The molecule has 3 nitrogen and oxygen atoms in total. The van der Waals surface area contributed by atoms with Crippen molar-refractivity contribution < 1.29 is 8.42 Å². The average Bonchev–Trinajstić information content (AvgIpc) is 2.64. The van der Waals surface area contributed by atoms with Crippen molar-refractivity contribution in [1.29, 1.82) is 0 Å². The van der Waals surface area contributed by atoms with E-state index >= 15 is 0 Å². The fourth-order valence-corrected chi connectivity index (χ4v) is 4.92. The number of benzene rings is 3. The van der Waals surface area contributed by atoms with Crippen molar-refractivity contribution in [3.05, 3.63) is 93.0 Å². The molecular weight excluding hydrogens is 413 g/mol. The second-order valence-corrected chi connectivity index (χ2v) is 9.49. The lowest BCUT2D eigenvalue weighted by atomic mass is 10.1. The highest BCUT2D eigenvalue weighted by molar-refractivity contribution is 7.92. The summed E-state index contributed by atoms with van der Waals surface area (Å²) in [5.41, 5.74) is 4.24. The van der Waals surface area contributed by atoms with Crippen LogP contribution < -0.4 is 4.31 Å². The second-order valence-electron chi connectivity index (χ2n) is 6.78. The maximum atomic E-state index is 13.5. The molecule has 28 heavy (non-hydrogen) atoms. The van der Waals surface area contributed by atoms with Gasteiger partial charge in [0.05, 0.1) is 17.1 Å². The topological polar surface area (TPSA) is 37.4 Å². The van der Waals surface area contributed by atoms with Crippen LogP contribution in [0.5, 0.6) is 0 Å². The molecule has 0 saturated heterocycles. The van der Waals surface area contributed by atoms with Gasteiger partial charge in [-0.1, -0.05) is 59.1 Å². The predicted molar refractivity (Wildman–Crippen MR) is 117 cm³/mol. The molecule has 3 rings (SSSR count). The van der Waals surface area contributed by atoms with Crippen molar-refractivity contribution in [2.24, 2.45) is 0 Å². The third-order valence-electron chi connectivity index (χ3n) is 4.78. The Balaban J connectivity index is 2.16. The number of rotatable bonds is 5. The summed E-state index contributed by atoms with van der Waals surface area (Å²) in [5.74, 6) is 0. The Morgan fingerprint density at radius 1 is 0.893 bits per heavy atom. The van der Waals surface area contributed by atoms with Crippen LogP contribution in [0.25, 0.3) is 0 Å². The molecule has 0 aliphatic carbocycles. The minimum Gasteiger partial charge on any atom is -0.262 e. The molecule has 3 aromatic carbocycles. The van der Waals surface area contributed by atoms with E-state index in [1.165, 1.54) is 4.31 Å². The number of hydrogen-bond donors (Lipinski definition) is 0. The van der Waals surface area contributed by atoms with Gasteiger partial charge in [-0.2, -0.15) is 0 Å². The third kappa shape index (κ3) is 4.19. The summed E-state index contributed by atoms with van der Waals surface area (Å²) in [7, 11) is -3.79. The zero-order valence-corrected chi connectivity index (χ0v) is 18.2. The van der Waals surface area contributed by atoms with Gasteiger partial charge in [0, 0.05) is 10.0 Å². The molecule has 6 heteroatoms. The van der Waals surface area contributed by atoms with Crippen molar-refractivity contribution >= 4 is 38.9 Å². The van der Waals surface area contributed by atoms with Gasteiger partial charge in [0.2, 0.25) is 0 Å². The molecule has 146 valence electrons. The Labute approximate surface area is 176 Å². The highest BCUT2D eigenvalue weighted by atomic mass is 35.5. The summed E-state index contributed by atoms with van der Waals surface area (Å²) in [6.07, 6.45) is 0. The Morgan fingerprint density at radius 2 is 1.57 bits per heavy atom. The molecule has 0 heterocycles. The zero-order valence-electron chi connectivity index (χ0n) is 15.9. The highest BCUT2D eigenvalue weighted by Gasteiger charge is 2.27. The van der Waals surface area contributed by atoms with Crippen LogP contribution in [0.3, 0.4) is 0 Å². The van der Waals surface area contributed by atoms with Crippen LogP contribution in [0.1, 0.15) is 22.3 Å². The highest BCUT2D eigenvalue weighted by Crippen LogP contribution is 2.32. The summed E-state index contributed by atoms with van der Waals surface area (Å²) in [5, 5.41) is 0.940. The number of anilines is 1. The molecule has 0 aliphatic heterocycles. The molecule has 0 spiro atoms. The van der Waals surface area contributed by atoms with Gasteiger partial charge in [0.1, 0.15) is 0 Å². The smallest absolute Gasteiger partial charge is 0.262 e. The van der Waals surface area contributed by atoms with Gasteiger partial charge >= 0.3 is 0 Å². The molecular formula is C22H21Cl2NO2S. The lowest BCUT2D eigenvalue weighted by Gasteiger charge is -2.27. The molecule has 0 aliphatic rings. The lowest BCUT2D eigenvalue weighted by Crippen LogP contribution is -2.31. The molecule has 0 amide bonds. The molecule has 0 bridgehead atoms. The maximum Gasteiger partial charge on any atom is 0.264 e. The molecule has 0 fully saturated rings. The summed E-state index contributed by atoms with van der Waals surface area (Å²) in [4.78, 5) is 0.240. The van der Waals surface area contributed by atoms with Crippen molar-refractivity contribution in [2.45, 2.75) is 32.2 Å². The largest absolute Gasteiger partial charge is 0.264 e. The lowest BCUT2D eigenvalue weighted by molar-refractivity contribution is 0.590. The average molecular weight is 434 g/mol. The predicted octanol–water partition coefficient (Wildman–Crippen LogP) is 6.31. The Morgan fingerprint density at radius 3 is 2.21 bits per heavy atom. The van der Waals surface area contributed by atoms with Crippen LogP contribution in [0, 0.1) is 20.8 Å². The summed E-state index contributed by atoms with van der Waals surface area (Å²) < 4.78 is 28.5. The Bertz CT molecular complexity index is 1110. The van der Waals surface area contributed by atoms with Crippen LogP contribution in [-0.4, -0.2) is 8.42 Å². The van der Waals surface area contributed by atoms with E-state index in [9.17, 15) is 8.42 Å². The SMILES string of the molecule is Cc1ccc(S(=O)(=O)N(Cc2ccc(Cl)cc2Cl)c2cccc(C)c2C)cc1. The number of aryl methyl sites for hydroxylation is 2. The fraction of sp³-hybridized carbons (Fsp3) is 0.182. The monoisotopic (exact) mass is 433 g/mol. The first-order valence-electron chi connectivity index (χ1n) is 8.79. The Hall–Kier alpha value is -2.01. The standard InChI is InChI=1S/C22H21Cl2NO2S/c1-15-7-11-20(12-8-15)28(26,27)25(22-6-4-5-16(2)17(22)3)14-18-9-10-19(23)13-21(18)24/h4-13H,14H2,1-3H3. The van der Waals surface area contributed by atoms with Crippen LogP contribution in [0.4, 0.5) is 5.69 Å². The van der Waals surface area contributed by atoms with Gasteiger partial charge < -0.3 is 0 Å². The van der Waals surface area contributed by atoms with E-state index in [-0.39, 0.29) is 11.4 Å². The summed E-state index contributed by atoms with van der Waals surface area (Å²) in [6, 6.07) is 17.6. The number of hydrogen-bond acceptors (Lipinski definition) is 2.